The lowest BCUT2D eigenvalue weighted by Gasteiger charge is -2.19. The van der Waals surface area contributed by atoms with Gasteiger partial charge in [-0.15, -0.1) is 0 Å². The second-order valence-electron chi connectivity index (χ2n) is 7.91. The maximum Gasteiger partial charge on any atom is 0.338 e. The summed E-state index contributed by atoms with van der Waals surface area (Å²) >= 11 is 0. The molecule has 0 spiro atoms. The molecule has 1 aliphatic rings. The molecule has 1 aliphatic heterocycles. The summed E-state index contributed by atoms with van der Waals surface area (Å²) < 4.78 is 16.1. The molecule has 0 bridgehead atoms. The number of ether oxygens (including phenoxy) is 2. The highest BCUT2D eigenvalue weighted by Crippen LogP contribution is 2.29. The van der Waals surface area contributed by atoms with Gasteiger partial charge >= 0.3 is 5.97 Å². The fourth-order valence-corrected chi connectivity index (χ4v) is 3.69. The summed E-state index contributed by atoms with van der Waals surface area (Å²) in [7, 11) is 0. The molecule has 1 aromatic heterocycles. The summed E-state index contributed by atoms with van der Waals surface area (Å²) in [6.07, 6.45) is 1.26. The Morgan fingerprint density at radius 1 is 1.15 bits per heavy atom. The first-order valence-electron chi connectivity index (χ1n) is 10.9. The first kappa shape index (κ1) is 23.0. The van der Waals surface area contributed by atoms with E-state index in [9.17, 15) is 14.4 Å². The number of nitrogens with zero attached hydrogens (tertiary/aromatic N) is 2. The second kappa shape index (κ2) is 10.2. The van der Waals surface area contributed by atoms with E-state index in [1.807, 2.05) is 6.92 Å². The number of benzene rings is 2. The van der Waals surface area contributed by atoms with Crippen molar-refractivity contribution in [2.24, 2.45) is 0 Å². The van der Waals surface area contributed by atoms with Crippen LogP contribution in [0, 0.1) is 13.8 Å². The summed E-state index contributed by atoms with van der Waals surface area (Å²) in [6.45, 7) is 4.02. The van der Waals surface area contributed by atoms with Gasteiger partial charge in [-0.05, 0) is 50.6 Å². The van der Waals surface area contributed by atoms with Crippen molar-refractivity contribution in [1.29, 1.82) is 0 Å². The molecule has 2 heterocycles. The summed E-state index contributed by atoms with van der Waals surface area (Å²) in [5.41, 5.74) is 2.98. The topological polar surface area (TPSA) is 111 Å². The van der Waals surface area contributed by atoms with Gasteiger partial charge in [0.15, 0.2) is 6.61 Å². The van der Waals surface area contributed by atoms with Gasteiger partial charge in [-0.25, -0.2) is 4.79 Å². The maximum absolute atomic E-state index is 12.5. The zero-order valence-corrected chi connectivity index (χ0v) is 19.0. The largest absolute Gasteiger partial charge is 0.489 e. The van der Waals surface area contributed by atoms with Crippen LogP contribution in [0.1, 0.15) is 40.2 Å². The molecule has 4 rings (SSSR count). The second-order valence-corrected chi connectivity index (χ2v) is 7.91. The van der Waals surface area contributed by atoms with Gasteiger partial charge in [0.1, 0.15) is 18.1 Å². The Labute approximate surface area is 196 Å². The van der Waals surface area contributed by atoms with E-state index in [0.717, 1.165) is 17.7 Å². The van der Waals surface area contributed by atoms with Crippen molar-refractivity contribution in [1.82, 2.24) is 5.16 Å². The van der Waals surface area contributed by atoms with Crippen molar-refractivity contribution in [2.75, 3.05) is 23.4 Å². The van der Waals surface area contributed by atoms with Crippen molar-refractivity contribution in [2.45, 2.75) is 33.3 Å². The number of hydrogen-bond donors (Lipinski definition) is 1. The van der Waals surface area contributed by atoms with Crippen molar-refractivity contribution >= 4 is 29.2 Å². The van der Waals surface area contributed by atoms with Gasteiger partial charge in [-0.1, -0.05) is 23.4 Å². The Hall–Kier alpha value is -4.14. The molecule has 2 amide bonds. The highest BCUT2D eigenvalue weighted by Gasteiger charge is 2.24. The van der Waals surface area contributed by atoms with E-state index in [-0.39, 0.29) is 18.1 Å². The summed E-state index contributed by atoms with van der Waals surface area (Å²) in [4.78, 5) is 38.6. The lowest BCUT2D eigenvalue weighted by atomic mass is 10.2. The molecule has 9 heteroatoms. The van der Waals surface area contributed by atoms with Crippen LogP contribution in [0.15, 0.2) is 53.1 Å². The van der Waals surface area contributed by atoms with E-state index >= 15 is 0 Å². The number of rotatable bonds is 8. The standard InChI is InChI=1S/C25H25N3O6/c1-16-20(17(2)34-27-16)14-32-19-8-5-7-18(13-19)25(31)33-15-23(29)26-21-9-3-4-10-22(21)28-12-6-11-24(28)30/h3-5,7-10,13H,6,11-12,14-15H2,1-2H3,(H,26,29). The van der Waals surface area contributed by atoms with Crippen LogP contribution in [0.4, 0.5) is 11.4 Å². The number of hydrogen-bond acceptors (Lipinski definition) is 7. The number of para-hydroxylation sites is 2. The Morgan fingerprint density at radius 2 is 1.97 bits per heavy atom. The third kappa shape index (κ3) is 5.25. The monoisotopic (exact) mass is 463 g/mol. The summed E-state index contributed by atoms with van der Waals surface area (Å²) in [6, 6.07) is 13.6. The number of amides is 2. The van der Waals surface area contributed by atoms with Crippen LogP contribution in [-0.2, 0) is 20.9 Å². The van der Waals surface area contributed by atoms with Crippen LogP contribution < -0.4 is 15.0 Å². The SMILES string of the molecule is Cc1noc(C)c1COc1cccc(C(=O)OCC(=O)Nc2ccccc2N2CCCC2=O)c1. The van der Waals surface area contributed by atoms with E-state index in [1.165, 1.54) is 0 Å². The van der Waals surface area contributed by atoms with Gasteiger partial charge in [-0.3, -0.25) is 9.59 Å². The van der Waals surface area contributed by atoms with Crippen LogP contribution in [0.2, 0.25) is 0 Å². The fraction of sp³-hybridized carbons (Fsp3) is 0.280. The van der Waals surface area contributed by atoms with E-state index in [0.29, 0.717) is 35.9 Å². The number of esters is 1. The Kier molecular flexibility index (Phi) is 6.91. The molecule has 1 saturated heterocycles. The Bertz CT molecular complexity index is 1200. The summed E-state index contributed by atoms with van der Waals surface area (Å²) in [5.74, 6) is 0.0154. The van der Waals surface area contributed by atoms with Crippen LogP contribution in [0.25, 0.3) is 0 Å². The number of nitrogens with one attached hydrogen (secondary N) is 1. The van der Waals surface area contributed by atoms with E-state index < -0.39 is 18.5 Å². The maximum atomic E-state index is 12.5. The predicted molar refractivity (Wildman–Crippen MR) is 124 cm³/mol. The number of carbonyl (C=O) groups excluding carboxylic acids is 3. The van der Waals surface area contributed by atoms with E-state index in [4.69, 9.17) is 14.0 Å². The molecule has 0 unspecified atom stereocenters. The van der Waals surface area contributed by atoms with Crippen molar-refractivity contribution in [3.05, 3.63) is 71.1 Å². The fourth-order valence-electron chi connectivity index (χ4n) is 3.69. The van der Waals surface area contributed by atoms with Crippen LogP contribution in [0.3, 0.4) is 0 Å². The molecule has 0 saturated carbocycles. The molecule has 0 aliphatic carbocycles. The third-order valence-electron chi connectivity index (χ3n) is 5.51. The first-order chi connectivity index (χ1) is 16.4. The van der Waals surface area contributed by atoms with Crippen molar-refractivity contribution in [3.8, 4) is 5.75 Å². The minimum Gasteiger partial charge on any atom is -0.489 e. The molecule has 0 radical (unpaired) electrons. The molecule has 176 valence electrons. The van der Waals surface area contributed by atoms with Gasteiger partial charge in [0, 0.05) is 13.0 Å². The van der Waals surface area contributed by atoms with Gasteiger partial charge in [-0.2, -0.15) is 0 Å². The van der Waals surface area contributed by atoms with E-state index in [1.54, 1.807) is 60.4 Å². The number of carbonyl (C=O) groups is 3. The zero-order valence-electron chi connectivity index (χ0n) is 19.0. The molecule has 2 aromatic carbocycles. The minimum atomic E-state index is -0.652. The zero-order chi connectivity index (χ0) is 24.1. The average Bonchev–Trinajstić information content (AvgIpc) is 3.41. The summed E-state index contributed by atoms with van der Waals surface area (Å²) in [5, 5.41) is 6.61. The van der Waals surface area contributed by atoms with Crippen molar-refractivity contribution < 1.29 is 28.4 Å². The smallest absolute Gasteiger partial charge is 0.338 e. The molecule has 34 heavy (non-hydrogen) atoms. The lowest BCUT2D eigenvalue weighted by molar-refractivity contribution is -0.119. The molecular formula is C25H25N3O6. The van der Waals surface area contributed by atoms with Crippen LogP contribution >= 0.6 is 0 Å². The molecule has 1 fully saturated rings. The number of aromatic nitrogens is 1. The normalized spacial score (nSPS) is 13.1. The number of aryl methyl sites for hydroxylation is 2. The Morgan fingerprint density at radius 3 is 2.71 bits per heavy atom. The van der Waals surface area contributed by atoms with Gasteiger partial charge < -0.3 is 24.2 Å². The predicted octanol–water partition coefficient (Wildman–Crippen LogP) is 3.79. The quantitative estimate of drug-likeness (QED) is 0.506. The van der Waals surface area contributed by atoms with Crippen LogP contribution in [0.5, 0.6) is 5.75 Å². The van der Waals surface area contributed by atoms with Crippen LogP contribution in [-0.4, -0.2) is 36.1 Å². The first-order valence-corrected chi connectivity index (χ1v) is 10.9. The van der Waals surface area contributed by atoms with Gasteiger partial charge in [0.2, 0.25) is 5.91 Å². The lowest BCUT2D eigenvalue weighted by Crippen LogP contribution is -2.27. The van der Waals surface area contributed by atoms with Gasteiger partial charge in [0.25, 0.3) is 5.91 Å². The third-order valence-corrected chi connectivity index (χ3v) is 5.51. The molecular weight excluding hydrogens is 438 g/mol. The molecule has 9 nitrogen and oxygen atoms in total. The van der Waals surface area contributed by atoms with Gasteiger partial charge in [0.05, 0.1) is 28.2 Å². The Balaban J connectivity index is 1.33. The molecule has 3 aromatic rings. The minimum absolute atomic E-state index is 0.0181. The average molecular weight is 463 g/mol. The highest BCUT2D eigenvalue weighted by atomic mass is 16.5. The highest BCUT2D eigenvalue weighted by molar-refractivity contribution is 6.02. The van der Waals surface area contributed by atoms with E-state index in [2.05, 4.69) is 10.5 Å². The number of anilines is 2. The molecule has 0 atom stereocenters. The van der Waals surface area contributed by atoms with Crippen molar-refractivity contribution in [3.63, 3.8) is 0 Å². The molecule has 1 N–H and O–H groups in total.